The highest BCUT2D eigenvalue weighted by molar-refractivity contribution is 7.97. The van der Waals surface area contributed by atoms with Crippen LogP contribution < -0.4 is 0 Å². The molecule has 0 bridgehead atoms. The zero-order valence-corrected chi connectivity index (χ0v) is 12.3. The number of hydrogen-bond acceptors (Lipinski definition) is 2. The Morgan fingerprint density at radius 1 is 1.17 bits per heavy atom. The minimum absolute atomic E-state index is 0.285. The van der Waals surface area contributed by atoms with E-state index in [0.717, 1.165) is 12.1 Å². The lowest BCUT2D eigenvalue weighted by molar-refractivity contribution is 0.407. The molecule has 0 spiro atoms. The molecule has 0 saturated carbocycles. The fourth-order valence-electron chi connectivity index (χ4n) is 1.75. The SMILES string of the molecule is Cc1ccc(Sn2cnc(CC(C)(C)C)c2)cc1. The van der Waals surface area contributed by atoms with Crippen LogP contribution in [0, 0.1) is 12.3 Å². The van der Waals surface area contributed by atoms with Crippen molar-refractivity contribution < 1.29 is 0 Å². The summed E-state index contributed by atoms with van der Waals surface area (Å²) < 4.78 is 2.08. The van der Waals surface area contributed by atoms with Crippen molar-refractivity contribution in [2.24, 2.45) is 5.41 Å². The number of rotatable bonds is 3. The van der Waals surface area contributed by atoms with Gasteiger partial charge in [0.05, 0.1) is 5.69 Å². The summed E-state index contributed by atoms with van der Waals surface area (Å²) in [5.41, 5.74) is 2.73. The van der Waals surface area contributed by atoms with E-state index >= 15 is 0 Å². The molecule has 0 aliphatic heterocycles. The van der Waals surface area contributed by atoms with Gasteiger partial charge in [-0.25, -0.2) is 4.98 Å². The number of hydrogen-bond donors (Lipinski definition) is 0. The van der Waals surface area contributed by atoms with E-state index in [2.05, 4.69) is 67.1 Å². The fourth-order valence-corrected chi connectivity index (χ4v) is 2.52. The second-order valence-corrected chi connectivity index (χ2v) is 6.94. The molecule has 18 heavy (non-hydrogen) atoms. The molecule has 0 unspecified atom stereocenters. The average Bonchev–Trinajstić information content (AvgIpc) is 2.66. The van der Waals surface area contributed by atoms with Crippen molar-refractivity contribution in [3.05, 3.63) is 48.0 Å². The zero-order chi connectivity index (χ0) is 13.2. The first-order valence-corrected chi connectivity index (χ1v) is 6.98. The molecule has 1 heterocycles. The van der Waals surface area contributed by atoms with Gasteiger partial charge in [-0.15, -0.1) is 0 Å². The Bertz CT molecular complexity index is 506. The van der Waals surface area contributed by atoms with Gasteiger partial charge in [-0.3, -0.25) is 3.97 Å². The maximum absolute atomic E-state index is 4.46. The van der Waals surface area contributed by atoms with Crippen LogP contribution in [0.4, 0.5) is 0 Å². The van der Waals surface area contributed by atoms with E-state index in [0.29, 0.717) is 0 Å². The average molecular weight is 260 g/mol. The van der Waals surface area contributed by atoms with E-state index in [1.165, 1.54) is 10.5 Å². The lowest BCUT2D eigenvalue weighted by atomic mass is 9.91. The first-order valence-electron chi connectivity index (χ1n) is 6.20. The van der Waals surface area contributed by atoms with Gasteiger partial charge in [-0.05, 0) is 42.8 Å². The topological polar surface area (TPSA) is 17.8 Å². The van der Waals surface area contributed by atoms with Gasteiger partial charge < -0.3 is 0 Å². The molecule has 0 aliphatic carbocycles. The Kier molecular flexibility index (Phi) is 3.81. The van der Waals surface area contributed by atoms with Crippen LogP contribution in [0.1, 0.15) is 32.0 Å². The summed E-state index contributed by atoms with van der Waals surface area (Å²) in [7, 11) is 0. The molecule has 1 aromatic carbocycles. The van der Waals surface area contributed by atoms with Gasteiger partial charge in [-0.2, -0.15) is 0 Å². The van der Waals surface area contributed by atoms with E-state index < -0.39 is 0 Å². The molecule has 96 valence electrons. The number of nitrogens with zero attached hydrogens (tertiary/aromatic N) is 2. The van der Waals surface area contributed by atoms with Gasteiger partial charge in [-0.1, -0.05) is 38.5 Å². The second kappa shape index (κ2) is 5.19. The first-order chi connectivity index (χ1) is 8.42. The van der Waals surface area contributed by atoms with Crippen LogP contribution >= 0.6 is 11.9 Å². The van der Waals surface area contributed by atoms with Crippen molar-refractivity contribution in [1.82, 2.24) is 8.96 Å². The predicted octanol–water partition coefficient (Wildman–Crippen LogP) is 4.34. The van der Waals surface area contributed by atoms with Crippen molar-refractivity contribution >= 4 is 11.9 Å². The van der Waals surface area contributed by atoms with Gasteiger partial charge in [0.2, 0.25) is 0 Å². The van der Waals surface area contributed by atoms with E-state index in [9.17, 15) is 0 Å². The van der Waals surface area contributed by atoms with E-state index in [-0.39, 0.29) is 5.41 Å². The number of benzene rings is 1. The fraction of sp³-hybridized carbons (Fsp3) is 0.400. The molecule has 0 atom stereocenters. The molecule has 0 radical (unpaired) electrons. The van der Waals surface area contributed by atoms with Crippen molar-refractivity contribution in [3.8, 4) is 0 Å². The minimum atomic E-state index is 0.285. The summed E-state index contributed by atoms with van der Waals surface area (Å²) in [5.74, 6) is 0. The maximum Gasteiger partial charge on any atom is 0.105 e. The molecular formula is C15H20N2S. The quantitative estimate of drug-likeness (QED) is 0.817. The molecule has 0 fully saturated rings. The Morgan fingerprint density at radius 2 is 1.83 bits per heavy atom. The largest absolute Gasteiger partial charge is 0.276 e. The molecule has 2 nitrogen and oxygen atoms in total. The van der Waals surface area contributed by atoms with E-state index in [4.69, 9.17) is 0 Å². The molecule has 1 aromatic heterocycles. The van der Waals surface area contributed by atoms with E-state index in [1.54, 1.807) is 11.9 Å². The normalized spacial score (nSPS) is 11.8. The van der Waals surface area contributed by atoms with Crippen LogP contribution in [0.3, 0.4) is 0 Å². The second-order valence-electron chi connectivity index (χ2n) is 5.87. The van der Waals surface area contributed by atoms with Gasteiger partial charge in [0.15, 0.2) is 0 Å². The van der Waals surface area contributed by atoms with Crippen molar-refractivity contribution in [3.63, 3.8) is 0 Å². The summed E-state index contributed by atoms with van der Waals surface area (Å²) in [6.07, 6.45) is 5.02. The summed E-state index contributed by atoms with van der Waals surface area (Å²) in [6, 6.07) is 8.55. The van der Waals surface area contributed by atoms with Crippen LogP contribution in [0.5, 0.6) is 0 Å². The van der Waals surface area contributed by atoms with E-state index in [1.807, 2.05) is 6.33 Å². The molecular weight excluding hydrogens is 240 g/mol. The van der Waals surface area contributed by atoms with Gasteiger partial charge in [0.1, 0.15) is 6.33 Å². The summed E-state index contributed by atoms with van der Waals surface area (Å²) in [5, 5.41) is 0. The Morgan fingerprint density at radius 3 is 2.44 bits per heavy atom. The third-order valence-electron chi connectivity index (χ3n) is 2.56. The van der Waals surface area contributed by atoms with Crippen LogP contribution in [-0.4, -0.2) is 8.96 Å². The predicted molar refractivity (Wildman–Crippen MR) is 77.8 cm³/mol. The molecule has 0 amide bonds. The minimum Gasteiger partial charge on any atom is -0.276 e. The smallest absolute Gasteiger partial charge is 0.105 e. The van der Waals surface area contributed by atoms with Crippen molar-refractivity contribution in [2.45, 2.75) is 39.0 Å². The molecule has 0 aliphatic rings. The van der Waals surface area contributed by atoms with Gasteiger partial charge in [0, 0.05) is 11.1 Å². The highest BCUT2D eigenvalue weighted by Gasteiger charge is 2.13. The number of aromatic nitrogens is 2. The van der Waals surface area contributed by atoms with Crippen molar-refractivity contribution in [2.75, 3.05) is 0 Å². The van der Waals surface area contributed by atoms with Crippen molar-refractivity contribution in [1.29, 1.82) is 0 Å². The van der Waals surface area contributed by atoms with Crippen LogP contribution in [0.25, 0.3) is 0 Å². The number of aryl methyl sites for hydroxylation is 1. The summed E-state index contributed by atoms with van der Waals surface area (Å²) >= 11 is 1.70. The first kappa shape index (κ1) is 13.2. The highest BCUT2D eigenvalue weighted by Crippen LogP contribution is 2.23. The Labute approximate surface area is 114 Å². The number of imidazole rings is 1. The molecule has 3 heteroatoms. The summed E-state index contributed by atoms with van der Waals surface area (Å²) in [4.78, 5) is 5.69. The Balaban J connectivity index is 2.04. The lowest BCUT2D eigenvalue weighted by Gasteiger charge is -2.15. The molecule has 0 N–H and O–H groups in total. The zero-order valence-electron chi connectivity index (χ0n) is 11.5. The third-order valence-corrected chi connectivity index (χ3v) is 3.45. The van der Waals surface area contributed by atoms with Gasteiger partial charge >= 0.3 is 0 Å². The third kappa shape index (κ3) is 3.91. The van der Waals surface area contributed by atoms with Gasteiger partial charge in [0.25, 0.3) is 0 Å². The lowest BCUT2D eigenvalue weighted by Crippen LogP contribution is -2.09. The molecule has 0 saturated heterocycles. The van der Waals surface area contributed by atoms with Crippen LogP contribution in [0.2, 0.25) is 0 Å². The summed E-state index contributed by atoms with van der Waals surface area (Å²) in [6.45, 7) is 8.81. The monoisotopic (exact) mass is 260 g/mol. The molecule has 2 aromatic rings. The Hall–Kier alpha value is -1.22. The highest BCUT2D eigenvalue weighted by atomic mass is 32.2. The standard InChI is InChI=1S/C15H20N2S/c1-12-5-7-14(8-6-12)18-17-10-13(16-11-17)9-15(2,3)4/h5-8,10-11H,9H2,1-4H3. The van der Waals surface area contributed by atoms with Crippen LogP contribution in [0.15, 0.2) is 41.7 Å². The van der Waals surface area contributed by atoms with Crippen LogP contribution in [-0.2, 0) is 6.42 Å². The maximum atomic E-state index is 4.46. The molecule has 2 rings (SSSR count).